The number of aromatic hydroxyl groups is 1. The molecule has 250 valence electrons. The third kappa shape index (κ3) is 11.0. The first kappa shape index (κ1) is 36.7. The number of ether oxygens (including phenoxy) is 1. The number of nitrogens with zero attached hydrogens (tertiary/aromatic N) is 1. The maximum Gasteiger partial charge on any atom is 0.408 e. The Balaban J connectivity index is 2.04. The number of nitrogens with one attached hydrogen (secondary N) is 2. The highest BCUT2D eigenvalue weighted by Gasteiger charge is 2.37. The van der Waals surface area contributed by atoms with E-state index in [0.29, 0.717) is 35.4 Å². The van der Waals surface area contributed by atoms with Gasteiger partial charge in [0.05, 0.1) is 0 Å². The molecule has 0 bridgehead atoms. The van der Waals surface area contributed by atoms with Crippen molar-refractivity contribution >= 4 is 46.1 Å². The number of rotatable bonds is 16. The van der Waals surface area contributed by atoms with Gasteiger partial charge in [-0.3, -0.25) is 9.59 Å². The summed E-state index contributed by atoms with van der Waals surface area (Å²) in [6.07, 6.45) is 7.55. The second-order valence-electron chi connectivity index (χ2n) is 12.7. The number of carbonyl (C=O) groups is 3. The third-order valence-corrected chi connectivity index (χ3v) is 8.42. The number of phenols is 1. The summed E-state index contributed by atoms with van der Waals surface area (Å²) in [6, 6.07) is 16.7. The number of para-hydroxylation sites is 1. The molecule has 9 heteroatoms. The molecule has 8 nitrogen and oxygen atoms in total. The lowest BCUT2D eigenvalue weighted by molar-refractivity contribution is -0.141. The molecule has 3 rings (SSSR count). The van der Waals surface area contributed by atoms with Crippen LogP contribution in [0.25, 0.3) is 10.8 Å². The number of hydrogen-bond acceptors (Lipinski definition) is 6. The van der Waals surface area contributed by atoms with Gasteiger partial charge in [-0.25, -0.2) is 4.79 Å². The van der Waals surface area contributed by atoms with Gasteiger partial charge in [-0.15, -0.1) is 0 Å². The van der Waals surface area contributed by atoms with E-state index in [4.69, 9.17) is 4.74 Å². The van der Waals surface area contributed by atoms with Crippen LogP contribution in [-0.2, 0) is 14.3 Å². The van der Waals surface area contributed by atoms with E-state index >= 15 is 0 Å². The fourth-order valence-electron chi connectivity index (χ4n) is 5.40. The van der Waals surface area contributed by atoms with Gasteiger partial charge in [0.25, 0.3) is 5.91 Å². The van der Waals surface area contributed by atoms with Crippen LogP contribution in [0.5, 0.6) is 5.75 Å². The van der Waals surface area contributed by atoms with Crippen LogP contribution in [0.1, 0.15) is 89.8 Å². The largest absolute Gasteiger partial charge is 0.507 e. The Morgan fingerprint density at radius 1 is 0.935 bits per heavy atom. The van der Waals surface area contributed by atoms with Gasteiger partial charge in [-0.05, 0) is 81.0 Å². The van der Waals surface area contributed by atoms with Crippen molar-refractivity contribution in [2.75, 3.05) is 23.9 Å². The van der Waals surface area contributed by atoms with Crippen molar-refractivity contribution in [2.45, 2.75) is 97.2 Å². The van der Waals surface area contributed by atoms with E-state index in [1.165, 1.54) is 4.90 Å². The Morgan fingerprint density at radius 2 is 1.63 bits per heavy atom. The Labute approximate surface area is 278 Å². The fraction of sp³-hybridized carbons (Fsp3) is 0.486. The lowest BCUT2D eigenvalue weighted by Crippen LogP contribution is -2.52. The van der Waals surface area contributed by atoms with Crippen LogP contribution in [0.2, 0.25) is 0 Å². The van der Waals surface area contributed by atoms with Crippen molar-refractivity contribution in [1.29, 1.82) is 0 Å². The molecular formula is C37H51N3O5S. The number of unbranched alkanes of at least 4 members (excludes halogenated alkanes) is 5. The molecule has 0 saturated carbocycles. The van der Waals surface area contributed by atoms with E-state index in [-0.39, 0.29) is 12.3 Å². The van der Waals surface area contributed by atoms with Crippen molar-refractivity contribution in [1.82, 2.24) is 10.2 Å². The average Bonchev–Trinajstić information content (AvgIpc) is 3.00. The molecule has 0 radical (unpaired) electrons. The van der Waals surface area contributed by atoms with Crippen molar-refractivity contribution in [3.05, 3.63) is 71.8 Å². The monoisotopic (exact) mass is 649 g/mol. The summed E-state index contributed by atoms with van der Waals surface area (Å²) >= 11 is 1.56. The highest BCUT2D eigenvalue weighted by Crippen LogP contribution is 2.34. The number of anilines is 1. The van der Waals surface area contributed by atoms with Crippen LogP contribution in [0.4, 0.5) is 10.5 Å². The van der Waals surface area contributed by atoms with Crippen LogP contribution in [0.3, 0.4) is 0 Å². The number of amides is 3. The molecule has 2 atom stereocenters. The topological polar surface area (TPSA) is 108 Å². The molecule has 0 fully saturated rings. The molecule has 0 aromatic heterocycles. The number of hydrogen-bond donors (Lipinski definition) is 3. The van der Waals surface area contributed by atoms with Crippen LogP contribution in [0.15, 0.2) is 60.7 Å². The summed E-state index contributed by atoms with van der Waals surface area (Å²) in [5.74, 6) is -0.270. The third-order valence-electron chi connectivity index (χ3n) is 7.78. The Hall–Kier alpha value is -3.72. The molecule has 2 unspecified atom stereocenters. The molecule has 0 aliphatic heterocycles. The molecule has 3 N–H and O–H groups in total. The first-order chi connectivity index (χ1) is 21.9. The minimum absolute atomic E-state index is 0.0392. The predicted molar refractivity (Wildman–Crippen MR) is 189 cm³/mol. The van der Waals surface area contributed by atoms with Crippen molar-refractivity contribution in [2.24, 2.45) is 0 Å². The van der Waals surface area contributed by atoms with Gasteiger partial charge >= 0.3 is 6.09 Å². The second kappa shape index (κ2) is 17.8. The van der Waals surface area contributed by atoms with Gasteiger partial charge in [0.2, 0.25) is 5.91 Å². The normalized spacial score (nSPS) is 12.7. The molecule has 3 amide bonds. The molecule has 0 aliphatic rings. The Morgan fingerprint density at radius 3 is 2.33 bits per heavy atom. The average molecular weight is 650 g/mol. The predicted octanol–water partition coefficient (Wildman–Crippen LogP) is 8.37. The smallest absolute Gasteiger partial charge is 0.408 e. The summed E-state index contributed by atoms with van der Waals surface area (Å²) in [5.41, 5.74) is 0.765. The Bertz CT molecular complexity index is 1450. The zero-order valence-corrected chi connectivity index (χ0v) is 29.0. The van der Waals surface area contributed by atoms with Crippen LogP contribution >= 0.6 is 11.8 Å². The van der Waals surface area contributed by atoms with E-state index in [2.05, 4.69) is 17.6 Å². The minimum Gasteiger partial charge on any atom is -0.507 e. The highest BCUT2D eigenvalue weighted by molar-refractivity contribution is 7.98. The van der Waals surface area contributed by atoms with E-state index in [1.807, 2.05) is 48.7 Å². The molecular weight excluding hydrogens is 598 g/mol. The standard InChI is InChI=1S/C37H51N3O5S/c1-7-8-9-10-11-14-23-40(35(43)31(22-24-46-6)39-36(44)45-37(3,4)5)32(30-19-15-16-26(2)33(30)41)34(42)38-29-21-20-27-17-12-13-18-28(27)25-29/h12-13,15-21,25,31-32,41H,7-11,14,22-24H2,1-6H3,(H,38,42)(H,39,44). The minimum atomic E-state index is -1.15. The SMILES string of the molecule is CCCCCCCCN(C(=O)C(CCSC)NC(=O)OC(C)(C)C)C(C(=O)Nc1ccc2ccccc2c1)c1cccc(C)c1O. The summed E-state index contributed by atoms with van der Waals surface area (Å²) < 4.78 is 5.51. The number of carbonyl (C=O) groups excluding carboxylic acids is 3. The zero-order chi connectivity index (χ0) is 33.7. The number of thioether (sulfide) groups is 1. The second-order valence-corrected chi connectivity index (χ2v) is 13.7. The summed E-state index contributed by atoms with van der Waals surface area (Å²) in [5, 5.41) is 19.1. The summed E-state index contributed by atoms with van der Waals surface area (Å²) in [7, 11) is 0. The lowest BCUT2D eigenvalue weighted by Gasteiger charge is -2.35. The van der Waals surface area contributed by atoms with Gasteiger partial charge < -0.3 is 25.4 Å². The Kier molecular flexibility index (Phi) is 14.2. The van der Waals surface area contributed by atoms with E-state index in [9.17, 15) is 19.5 Å². The van der Waals surface area contributed by atoms with E-state index < -0.39 is 35.6 Å². The summed E-state index contributed by atoms with van der Waals surface area (Å²) in [6.45, 7) is 9.51. The van der Waals surface area contributed by atoms with Gasteiger partial charge in [0.1, 0.15) is 23.4 Å². The molecule has 46 heavy (non-hydrogen) atoms. The zero-order valence-electron chi connectivity index (χ0n) is 28.2. The van der Waals surface area contributed by atoms with Crippen molar-refractivity contribution < 1.29 is 24.2 Å². The number of benzene rings is 3. The maximum atomic E-state index is 14.5. The molecule has 0 heterocycles. The highest BCUT2D eigenvalue weighted by atomic mass is 32.2. The van der Waals surface area contributed by atoms with Gasteiger partial charge in [-0.2, -0.15) is 11.8 Å². The summed E-state index contributed by atoms with van der Waals surface area (Å²) in [4.78, 5) is 43.3. The number of phenolic OH excluding ortho intramolecular Hbond substituents is 1. The number of fused-ring (bicyclic) bond motifs is 1. The fourth-order valence-corrected chi connectivity index (χ4v) is 5.87. The number of alkyl carbamates (subject to hydrolysis) is 1. The van der Waals surface area contributed by atoms with E-state index in [0.717, 1.165) is 42.9 Å². The van der Waals surface area contributed by atoms with Crippen molar-refractivity contribution in [3.63, 3.8) is 0 Å². The molecule has 0 aliphatic carbocycles. The van der Waals surface area contributed by atoms with Gasteiger partial charge in [0, 0.05) is 17.8 Å². The number of aryl methyl sites for hydroxylation is 1. The first-order valence-electron chi connectivity index (χ1n) is 16.3. The van der Waals surface area contributed by atoms with Crippen LogP contribution in [0, 0.1) is 6.92 Å². The first-order valence-corrected chi connectivity index (χ1v) is 17.7. The van der Waals surface area contributed by atoms with Crippen LogP contribution in [-0.4, -0.2) is 58.1 Å². The van der Waals surface area contributed by atoms with E-state index in [1.54, 1.807) is 57.7 Å². The van der Waals surface area contributed by atoms with Crippen molar-refractivity contribution in [3.8, 4) is 5.75 Å². The maximum absolute atomic E-state index is 14.5. The lowest BCUT2D eigenvalue weighted by atomic mass is 9.98. The molecule has 0 spiro atoms. The van der Waals surface area contributed by atoms with Gasteiger partial charge in [-0.1, -0.05) is 87.6 Å². The molecule has 0 saturated heterocycles. The van der Waals surface area contributed by atoms with Crippen LogP contribution < -0.4 is 10.6 Å². The molecule has 3 aromatic carbocycles. The van der Waals surface area contributed by atoms with Gasteiger partial charge in [0.15, 0.2) is 0 Å². The quantitative estimate of drug-likeness (QED) is 0.135. The molecule has 3 aromatic rings.